The summed E-state index contributed by atoms with van der Waals surface area (Å²) in [5.74, 6) is -0.745. The largest absolute Gasteiger partial charge is 0.462 e. The third kappa shape index (κ3) is 6.84. The molecule has 0 unspecified atom stereocenters. The van der Waals surface area contributed by atoms with Gasteiger partial charge < -0.3 is 15.2 Å². The molecule has 9 heteroatoms. The van der Waals surface area contributed by atoms with Gasteiger partial charge in [0.1, 0.15) is 4.90 Å². The van der Waals surface area contributed by atoms with E-state index in [1.54, 1.807) is 37.3 Å². The van der Waals surface area contributed by atoms with Gasteiger partial charge in [-0.2, -0.15) is 0 Å². The number of sulfone groups is 1. The van der Waals surface area contributed by atoms with Crippen LogP contribution in [0.25, 0.3) is 0 Å². The molecular weight excluding hydrogens is 509 g/mol. The molecule has 3 aromatic carbocycles. The molecule has 0 bridgehead atoms. The molecule has 2 N–H and O–H groups in total. The van der Waals surface area contributed by atoms with Gasteiger partial charge >= 0.3 is 5.97 Å². The van der Waals surface area contributed by atoms with Crippen molar-refractivity contribution in [1.29, 1.82) is 0 Å². The first-order valence-corrected chi connectivity index (χ1v) is 13.3. The monoisotopic (exact) mass is 535 g/mol. The number of benzene rings is 3. The summed E-state index contributed by atoms with van der Waals surface area (Å²) < 4.78 is 31.6. The van der Waals surface area contributed by atoms with Crippen LogP contribution in [-0.2, 0) is 21.0 Å². The minimum Gasteiger partial charge on any atom is -0.462 e. The van der Waals surface area contributed by atoms with E-state index >= 15 is 0 Å². The molecule has 186 valence electrons. The standard InChI is InChI=1S/C26H27Cl2NO5S/c1-3-34-26(31)22-8-5-9-23(28)25(22)35(32,33)21-12-10-18(11-13-21)14-17(2)29-16-24(30)19-6-4-7-20(27)15-19/h4-13,15,17,24,29-30H,3,14,16H2,1-2H3/t17-,24-/m1/s1. The number of rotatable bonds is 10. The number of ether oxygens (including phenoxy) is 1. The Morgan fingerprint density at radius 1 is 1.06 bits per heavy atom. The maximum absolute atomic E-state index is 13.3. The fraction of sp³-hybridized carbons (Fsp3) is 0.269. The molecule has 0 fully saturated rings. The van der Waals surface area contributed by atoms with Gasteiger partial charge in [0.2, 0.25) is 9.84 Å². The van der Waals surface area contributed by atoms with Crippen LogP contribution in [0.5, 0.6) is 0 Å². The number of carbonyl (C=O) groups is 1. The second kappa shape index (κ2) is 12.0. The lowest BCUT2D eigenvalue weighted by molar-refractivity contribution is 0.0522. The van der Waals surface area contributed by atoms with Gasteiger partial charge in [-0.1, -0.05) is 53.5 Å². The predicted octanol–water partition coefficient (Wildman–Crippen LogP) is 5.26. The Morgan fingerprint density at radius 3 is 2.40 bits per heavy atom. The van der Waals surface area contributed by atoms with Crippen LogP contribution in [0.2, 0.25) is 10.0 Å². The molecule has 0 saturated heterocycles. The lowest BCUT2D eigenvalue weighted by Gasteiger charge is -2.18. The summed E-state index contributed by atoms with van der Waals surface area (Å²) in [5, 5.41) is 14.2. The van der Waals surface area contributed by atoms with Gasteiger partial charge in [0, 0.05) is 17.6 Å². The third-order valence-electron chi connectivity index (χ3n) is 5.40. The molecule has 0 heterocycles. The SMILES string of the molecule is CCOC(=O)c1cccc(Cl)c1S(=O)(=O)c1ccc(C[C@@H](C)NC[C@@H](O)c2cccc(Cl)c2)cc1. The van der Waals surface area contributed by atoms with Crippen LogP contribution < -0.4 is 5.32 Å². The van der Waals surface area contributed by atoms with Gasteiger partial charge in [-0.3, -0.25) is 0 Å². The maximum Gasteiger partial charge on any atom is 0.339 e. The smallest absolute Gasteiger partial charge is 0.339 e. The van der Waals surface area contributed by atoms with Gasteiger partial charge in [-0.15, -0.1) is 0 Å². The van der Waals surface area contributed by atoms with Crippen molar-refractivity contribution in [2.75, 3.05) is 13.2 Å². The number of hydrogen-bond acceptors (Lipinski definition) is 6. The zero-order valence-electron chi connectivity index (χ0n) is 19.4. The molecule has 0 saturated carbocycles. The minimum absolute atomic E-state index is 0.0188. The van der Waals surface area contributed by atoms with Crippen LogP contribution in [0.15, 0.2) is 76.5 Å². The van der Waals surface area contributed by atoms with Gasteiger partial charge in [0.25, 0.3) is 0 Å². The summed E-state index contributed by atoms with van der Waals surface area (Å²) >= 11 is 12.2. The summed E-state index contributed by atoms with van der Waals surface area (Å²) in [7, 11) is -4.06. The van der Waals surface area contributed by atoms with Crippen molar-refractivity contribution in [1.82, 2.24) is 5.32 Å². The van der Waals surface area contributed by atoms with Crippen molar-refractivity contribution in [2.24, 2.45) is 0 Å². The molecule has 0 aliphatic heterocycles. The molecule has 35 heavy (non-hydrogen) atoms. The Hall–Kier alpha value is -2.42. The van der Waals surface area contributed by atoms with Crippen molar-refractivity contribution in [3.05, 3.63) is 93.5 Å². The van der Waals surface area contributed by atoms with E-state index in [1.807, 2.05) is 13.0 Å². The highest BCUT2D eigenvalue weighted by atomic mass is 35.5. The predicted molar refractivity (Wildman–Crippen MR) is 137 cm³/mol. The van der Waals surface area contributed by atoms with E-state index in [4.69, 9.17) is 27.9 Å². The Labute approximate surface area is 215 Å². The topological polar surface area (TPSA) is 92.7 Å². The molecule has 0 aromatic heterocycles. The number of nitrogens with one attached hydrogen (secondary N) is 1. The van der Waals surface area contributed by atoms with Gasteiger partial charge in [-0.25, -0.2) is 13.2 Å². The summed E-state index contributed by atoms with van der Waals surface area (Å²) in [4.78, 5) is 12.1. The molecule has 6 nitrogen and oxygen atoms in total. The number of aliphatic hydroxyl groups is 1. The van der Waals surface area contributed by atoms with Crippen LogP contribution in [-0.4, -0.2) is 38.7 Å². The van der Waals surface area contributed by atoms with Crippen molar-refractivity contribution in [2.45, 2.75) is 42.2 Å². The first-order valence-electron chi connectivity index (χ1n) is 11.1. The number of aliphatic hydroxyl groups excluding tert-OH is 1. The molecule has 0 radical (unpaired) electrons. The fourth-order valence-electron chi connectivity index (χ4n) is 3.64. The van der Waals surface area contributed by atoms with Crippen molar-refractivity contribution >= 4 is 39.0 Å². The van der Waals surface area contributed by atoms with E-state index in [-0.39, 0.29) is 33.0 Å². The van der Waals surface area contributed by atoms with E-state index in [0.29, 0.717) is 18.0 Å². The Kier molecular flexibility index (Phi) is 9.33. The highest BCUT2D eigenvalue weighted by molar-refractivity contribution is 7.91. The number of esters is 1. The van der Waals surface area contributed by atoms with Crippen LogP contribution in [0.4, 0.5) is 0 Å². The average molecular weight is 536 g/mol. The molecule has 3 aromatic rings. The quantitative estimate of drug-likeness (QED) is 0.344. The average Bonchev–Trinajstić information content (AvgIpc) is 2.82. The Bertz CT molecular complexity index is 1280. The molecule has 2 atom stereocenters. The van der Waals surface area contributed by atoms with Crippen molar-refractivity contribution < 1.29 is 23.1 Å². The summed E-state index contributed by atoms with van der Waals surface area (Å²) in [6.07, 6.45) is -0.0872. The van der Waals surface area contributed by atoms with Gasteiger partial charge in [-0.05, 0) is 67.8 Å². The second-order valence-electron chi connectivity index (χ2n) is 8.07. The first kappa shape index (κ1) is 27.2. The zero-order chi connectivity index (χ0) is 25.6. The molecule has 0 amide bonds. The lowest BCUT2D eigenvalue weighted by atomic mass is 10.1. The lowest BCUT2D eigenvalue weighted by Crippen LogP contribution is -2.32. The highest BCUT2D eigenvalue weighted by Crippen LogP contribution is 2.31. The number of carbonyl (C=O) groups excluding carboxylic acids is 1. The van der Waals surface area contributed by atoms with E-state index in [0.717, 1.165) is 11.1 Å². The van der Waals surface area contributed by atoms with E-state index in [1.165, 1.54) is 30.3 Å². The Morgan fingerprint density at radius 2 is 1.74 bits per heavy atom. The number of hydrogen-bond donors (Lipinski definition) is 2. The summed E-state index contributed by atoms with van der Waals surface area (Å²) in [5.41, 5.74) is 1.54. The minimum atomic E-state index is -4.06. The normalized spacial score (nSPS) is 13.3. The summed E-state index contributed by atoms with van der Waals surface area (Å²) in [6, 6.07) is 17.9. The molecule has 0 spiro atoms. The third-order valence-corrected chi connectivity index (χ3v) is 7.93. The summed E-state index contributed by atoms with van der Waals surface area (Å²) in [6.45, 7) is 4.08. The fourth-order valence-corrected chi connectivity index (χ4v) is 5.82. The first-order chi connectivity index (χ1) is 16.6. The maximum atomic E-state index is 13.3. The van der Waals surface area contributed by atoms with Crippen LogP contribution >= 0.6 is 23.2 Å². The van der Waals surface area contributed by atoms with Gasteiger partial charge in [0.15, 0.2) is 0 Å². The molecule has 3 rings (SSSR count). The Balaban J connectivity index is 1.70. The molecule has 0 aliphatic rings. The van der Waals surface area contributed by atoms with Crippen LogP contribution in [0.1, 0.15) is 41.4 Å². The van der Waals surface area contributed by atoms with Gasteiger partial charge in [0.05, 0.1) is 28.2 Å². The zero-order valence-corrected chi connectivity index (χ0v) is 21.7. The van der Waals surface area contributed by atoms with Crippen LogP contribution in [0, 0.1) is 0 Å². The van der Waals surface area contributed by atoms with E-state index in [2.05, 4.69) is 5.32 Å². The van der Waals surface area contributed by atoms with Crippen LogP contribution in [0.3, 0.4) is 0 Å². The molecule has 0 aliphatic carbocycles. The highest BCUT2D eigenvalue weighted by Gasteiger charge is 2.28. The molecular formula is C26H27Cl2NO5S. The van der Waals surface area contributed by atoms with Crippen molar-refractivity contribution in [3.63, 3.8) is 0 Å². The second-order valence-corrected chi connectivity index (χ2v) is 10.8. The van der Waals surface area contributed by atoms with Crippen molar-refractivity contribution in [3.8, 4) is 0 Å². The van der Waals surface area contributed by atoms with E-state index < -0.39 is 21.9 Å². The number of halogens is 2. The van der Waals surface area contributed by atoms with E-state index in [9.17, 15) is 18.3 Å².